The normalized spacial score (nSPS) is 11.3. The van der Waals surface area contributed by atoms with Crippen LogP contribution in [0.4, 0.5) is 10.1 Å². The van der Waals surface area contributed by atoms with Gasteiger partial charge in [-0.3, -0.25) is 14.4 Å². The molecule has 0 aliphatic rings. The zero-order valence-corrected chi connectivity index (χ0v) is 23.6. The molecule has 220 valence electrons. The van der Waals surface area contributed by atoms with Crippen LogP contribution in [-0.4, -0.2) is 50.3 Å². The number of hydrogen-bond donors (Lipinski definition) is 3. The lowest BCUT2D eigenvalue weighted by Crippen LogP contribution is -2.43. The van der Waals surface area contributed by atoms with Gasteiger partial charge in [0.25, 0.3) is 17.7 Å². The Labute approximate surface area is 243 Å². The second-order valence-electron chi connectivity index (χ2n) is 8.93. The Hall–Kier alpha value is -5.19. The van der Waals surface area contributed by atoms with Gasteiger partial charge in [0.1, 0.15) is 17.6 Å². The van der Waals surface area contributed by atoms with E-state index in [4.69, 9.17) is 14.2 Å². The number of ether oxygens (including phenoxy) is 3. The second-order valence-corrected chi connectivity index (χ2v) is 8.93. The monoisotopic (exact) mass is 576 g/mol. The molecular formula is C31H33FN4O6. The van der Waals surface area contributed by atoms with E-state index in [2.05, 4.69) is 27.7 Å². The van der Waals surface area contributed by atoms with Gasteiger partial charge in [0.15, 0.2) is 18.1 Å². The van der Waals surface area contributed by atoms with Crippen molar-refractivity contribution in [1.29, 1.82) is 0 Å². The van der Waals surface area contributed by atoms with Crippen molar-refractivity contribution < 1.29 is 33.0 Å². The molecule has 0 spiro atoms. The first-order chi connectivity index (χ1) is 20.2. The molecule has 0 saturated heterocycles. The van der Waals surface area contributed by atoms with Crippen LogP contribution in [-0.2, 0) is 16.0 Å². The van der Waals surface area contributed by atoms with Crippen LogP contribution in [0.1, 0.15) is 35.3 Å². The van der Waals surface area contributed by atoms with Gasteiger partial charge in [-0.25, -0.2) is 9.82 Å². The zero-order chi connectivity index (χ0) is 30.5. The molecular weight excluding hydrogens is 543 g/mol. The van der Waals surface area contributed by atoms with E-state index in [9.17, 15) is 18.8 Å². The van der Waals surface area contributed by atoms with Gasteiger partial charge in [-0.15, -0.1) is 6.58 Å². The first-order valence-corrected chi connectivity index (χ1v) is 13.1. The number of carbonyl (C=O) groups is 3. The van der Waals surface area contributed by atoms with E-state index in [1.807, 2.05) is 0 Å². The average molecular weight is 577 g/mol. The molecule has 10 nitrogen and oxygen atoms in total. The molecule has 1 unspecified atom stereocenters. The largest absolute Gasteiger partial charge is 0.497 e. The molecule has 1 atom stereocenters. The molecule has 0 aliphatic heterocycles. The van der Waals surface area contributed by atoms with E-state index in [-0.39, 0.29) is 6.61 Å². The SMILES string of the molecule is C=CCc1cc(C=NNC(=O)C(C)NC(=O)c2ccc(OC)cc2)cc(OCC)c1OCC(=O)Nc1ccc(F)cc1. The lowest BCUT2D eigenvalue weighted by atomic mass is 10.1. The number of rotatable bonds is 14. The molecule has 3 N–H and O–H groups in total. The van der Waals surface area contributed by atoms with Gasteiger partial charge in [-0.05, 0) is 86.5 Å². The number of amides is 3. The van der Waals surface area contributed by atoms with Crippen molar-refractivity contribution in [3.63, 3.8) is 0 Å². The standard InChI is InChI=1S/C31H33FN4O6/c1-5-7-23-16-21(18-33-36-30(38)20(3)34-31(39)22-8-14-26(40-4)15-9-22)17-27(41-6-2)29(23)42-19-28(37)35-25-12-10-24(32)11-13-25/h5,8-18,20H,1,6-7,19H2,2-4H3,(H,34,39)(H,35,37)(H,36,38). The maximum atomic E-state index is 13.1. The Bertz CT molecular complexity index is 1420. The van der Waals surface area contributed by atoms with Gasteiger partial charge in [0.2, 0.25) is 0 Å². The molecule has 0 saturated carbocycles. The maximum Gasteiger partial charge on any atom is 0.262 e. The highest BCUT2D eigenvalue weighted by atomic mass is 19.1. The summed E-state index contributed by atoms with van der Waals surface area (Å²) in [6.45, 7) is 7.14. The lowest BCUT2D eigenvalue weighted by molar-refractivity contribution is -0.122. The second kappa shape index (κ2) is 15.6. The van der Waals surface area contributed by atoms with Gasteiger partial charge >= 0.3 is 0 Å². The van der Waals surface area contributed by atoms with E-state index < -0.39 is 29.6 Å². The molecule has 42 heavy (non-hydrogen) atoms. The number of allylic oxidation sites excluding steroid dienone is 1. The number of hydrogen-bond acceptors (Lipinski definition) is 7. The van der Waals surface area contributed by atoms with Crippen molar-refractivity contribution in [2.24, 2.45) is 5.10 Å². The number of carbonyl (C=O) groups excluding carboxylic acids is 3. The maximum absolute atomic E-state index is 13.1. The van der Waals surface area contributed by atoms with E-state index >= 15 is 0 Å². The fourth-order valence-corrected chi connectivity index (χ4v) is 3.71. The van der Waals surface area contributed by atoms with E-state index in [1.54, 1.807) is 56.3 Å². The van der Waals surface area contributed by atoms with Crippen molar-refractivity contribution in [2.45, 2.75) is 26.3 Å². The summed E-state index contributed by atoms with van der Waals surface area (Å²) < 4.78 is 29.8. The number of anilines is 1. The van der Waals surface area contributed by atoms with Crippen LogP contribution in [0.3, 0.4) is 0 Å². The molecule has 3 rings (SSSR count). The quantitative estimate of drug-likeness (QED) is 0.150. The highest BCUT2D eigenvalue weighted by molar-refractivity contribution is 5.97. The summed E-state index contributed by atoms with van der Waals surface area (Å²) in [4.78, 5) is 37.4. The Morgan fingerprint density at radius 2 is 1.76 bits per heavy atom. The third kappa shape index (κ3) is 9.19. The summed E-state index contributed by atoms with van der Waals surface area (Å²) in [5, 5.41) is 9.28. The van der Waals surface area contributed by atoms with Crippen molar-refractivity contribution in [1.82, 2.24) is 10.7 Å². The predicted octanol–water partition coefficient (Wildman–Crippen LogP) is 4.25. The van der Waals surface area contributed by atoms with Crippen LogP contribution >= 0.6 is 0 Å². The highest BCUT2D eigenvalue weighted by Crippen LogP contribution is 2.33. The van der Waals surface area contributed by atoms with Crippen LogP contribution in [0.25, 0.3) is 0 Å². The molecule has 0 aromatic heterocycles. The summed E-state index contributed by atoms with van der Waals surface area (Å²) in [5.74, 6) is -0.425. The van der Waals surface area contributed by atoms with E-state index in [1.165, 1.54) is 37.6 Å². The molecule has 3 aromatic carbocycles. The topological polar surface area (TPSA) is 127 Å². The summed E-state index contributed by atoms with van der Waals surface area (Å²) >= 11 is 0. The van der Waals surface area contributed by atoms with Crippen LogP contribution in [0, 0.1) is 5.82 Å². The third-order valence-electron chi connectivity index (χ3n) is 5.78. The van der Waals surface area contributed by atoms with E-state index in [0.717, 1.165) is 0 Å². The molecule has 0 fully saturated rings. The average Bonchev–Trinajstić information content (AvgIpc) is 2.98. The van der Waals surface area contributed by atoms with Gasteiger partial charge in [0, 0.05) is 16.8 Å². The minimum Gasteiger partial charge on any atom is -0.497 e. The van der Waals surface area contributed by atoms with Crippen LogP contribution < -0.4 is 30.3 Å². The van der Waals surface area contributed by atoms with Crippen LogP contribution in [0.2, 0.25) is 0 Å². The van der Waals surface area contributed by atoms with Crippen molar-refractivity contribution in [3.8, 4) is 17.2 Å². The Morgan fingerprint density at radius 3 is 2.40 bits per heavy atom. The lowest BCUT2D eigenvalue weighted by Gasteiger charge is -2.16. The molecule has 0 heterocycles. The molecule has 0 radical (unpaired) electrons. The first-order valence-electron chi connectivity index (χ1n) is 13.1. The zero-order valence-electron chi connectivity index (χ0n) is 23.6. The summed E-state index contributed by atoms with van der Waals surface area (Å²) in [6, 6.07) is 14.5. The van der Waals surface area contributed by atoms with Gasteiger partial charge < -0.3 is 24.8 Å². The van der Waals surface area contributed by atoms with Crippen LogP contribution in [0.5, 0.6) is 17.2 Å². The summed E-state index contributed by atoms with van der Waals surface area (Å²) in [7, 11) is 1.53. The summed E-state index contributed by atoms with van der Waals surface area (Å²) in [5.41, 5.74) is 4.50. The van der Waals surface area contributed by atoms with Crippen LogP contribution in [0.15, 0.2) is 78.4 Å². The van der Waals surface area contributed by atoms with Crippen molar-refractivity contribution >= 4 is 29.6 Å². The van der Waals surface area contributed by atoms with Gasteiger partial charge in [-0.1, -0.05) is 6.08 Å². The fourth-order valence-electron chi connectivity index (χ4n) is 3.71. The van der Waals surface area contributed by atoms with Crippen molar-refractivity contribution in [2.75, 3.05) is 25.6 Å². The number of halogens is 1. The minimum absolute atomic E-state index is 0.314. The van der Waals surface area contributed by atoms with Crippen molar-refractivity contribution in [3.05, 3.63) is 95.8 Å². The Morgan fingerprint density at radius 1 is 1.05 bits per heavy atom. The van der Waals surface area contributed by atoms with E-state index in [0.29, 0.717) is 52.7 Å². The number of nitrogens with zero attached hydrogens (tertiary/aromatic N) is 1. The Kier molecular flexibility index (Phi) is 11.6. The smallest absolute Gasteiger partial charge is 0.262 e. The Balaban J connectivity index is 1.65. The molecule has 3 amide bonds. The molecule has 3 aromatic rings. The number of benzene rings is 3. The molecule has 0 aliphatic carbocycles. The molecule has 11 heteroatoms. The highest BCUT2D eigenvalue weighted by Gasteiger charge is 2.17. The predicted molar refractivity (Wildman–Crippen MR) is 158 cm³/mol. The fraction of sp³-hybridized carbons (Fsp3) is 0.226. The third-order valence-corrected chi connectivity index (χ3v) is 5.78. The minimum atomic E-state index is -0.858. The number of nitrogens with one attached hydrogen (secondary N) is 3. The first kappa shape index (κ1) is 31.3. The van der Waals surface area contributed by atoms with Gasteiger partial charge in [-0.2, -0.15) is 5.10 Å². The number of methoxy groups -OCH3 is 1. The molecule has 0 bridgehead atoms. The van der Waals surface area contributed by atoms with Gasteiger partial charge in [0.05, 0.1) is 19.9 Å². The number of hydrazone groups is 1. The summed E-state index contributed by atoms with van der Waals surface area (Å²) in [6.07, 6.45) is 3.50.